The molecule has 1 aromatic rings. The lowest BCUT2D eigenvalue weighted by molar-refractivity contribution is 0.267. The van der Waals surface area contributed by atoms with Gasteiger partial charge in [-0.1, -0.05) is 31.2 Å². The number of aliphatic imine (C=N–C) groups is 1. The van der Waals surface area contributed by atoms with Gasteiger partial charge in [0.15, 0.2) is 5.96 Å². The van der Waals surface area contributed by atoms with Gasteiger partial charge in [-0.15, -0.1) is 0 Å². The van der Waals surface area contributed by atoms with Gasteiger partial charge in [0.1, 0.15) is 0 Å². The van der Waals surface area contributed by atoms with Gasteiger partial charge in [-0.25, -0.2) is 18.1 Å². The fraction of sp³-hybridized carbons (Fsp3) is 0.667. The fourth-order valence-electron chi connectivity index (χ4n) is 3.63. The predicted octanol–water partition coefficient (Wildman–Crippen LogP) is 2.05. The van der Waals surface area contributed by atoms with E-state index in [0.717, 1.165) is 36.7 Å². The molecule has 164 valence electrons. The Bertz CT molecular complexity index is 747. The Labute approximate surface area is 176 Å². The van der Waals surface area contributed by atoms with Crippen molar-refractivity contribution >= 4 is 16.0 Å². The summed E-state index contributed by atoms with van der Waals surface area (Å²) in [4.78, 5) is 7.20. The van der Waals surface area contributed by atoms with Gasteiger partial charge < -0.3 is 10.6 Å². The van der Waals surface area contributed by atoms with E-state index in [1.165, 1.54) is 19.4 Å². The highest BCUT2D eigenvalue weighted by atomic mass is 32.2. The molecule has 0 spiro atoms. The van der Waals surface area contributed by atoms with Gasteiger partial charge >= 0.3 is 0 Å². The van der Waals surface area contributed by atoms with E-state index in [1.807, 2.05) is 38.1 Å². The molecule has 1 atom stereocenters. The van der Waals surface area contributed by atoms with Gasteiger partial charge in [0.25, 0.3) is 0 Å². The first-order valence-corrected chi connectivity index (χ1v) is 12.3. The molecule has 1 fully saturated rings. The second-order valence-corrected chi connectivity index (χ2v) is 9.60. The van der Waals surface area contributed by atoms with Crippen LogP contribution in [-0.4, -0.2) is 57.5 Å². The highest BCUT2D eigenvalue weighted by Crippen LogP contribution is 2.15. The largest absolute Gasteiger partial charge is 0.357 e. The average molecular weight is 424 g/mol. The Balaban J connectivity index is 1.91. The molecule has 3 N–H and O–H groups in total. The lowest BCUT2D eigenvalue weighted by atomic mass is 10.1. The molecule has 2 rings (SSSR count). The molecule has 0 amide bonds. The minimum Gasteiger partial charge on any atom is -0.357 e. The van der Waals surface area contributed by atoms with Crippen molar-refractivity contribution in [1.29, 1.82) is 0 Å². The van der Waals surface area contributed by atoms with Gasteiger partial charge in [-0.3, -0.25) is 4.90 Å². The number of nitrogens with one attached hydrogen (secondary N) is 3. The van der Waals surface area contributed by atoms with Crippen molar-refractivity contribution in [2.75, 3.05) is 26.2 Å². The second kappa shape index (κ2) is 11.5. The van der Waals surface area contributed by atoms with E-state index < -0.39 is 10.0 Å². The zero-order valence-electron chi connectivity index (χ0n) is 18.2. The quantitative estimate of drug-likeness (QED) is 0.396. The Morgan fingerprint density at radius 1 is 1.17 bits per heavy atom. The van der Waals surface area contributed by atoms with Crippen LogP contribution in [0, 0.1) is 0 Å². The number of hydrogen-bond acceptors (Lipinski definition) is 4. The molecule has 7 nitrogen and oxygen atoms in total. The molecular weight excluding hydrogens is 386 g/mol. The van der Waals surface area contributed by atoms with Crippen molar-refractivity contribution in [2.24, 2.45) is 4.99 Å². The van der Waals surface area contributed by atoms with Crippen LogP contribution in [0.25, 0.3) is 0 Å². The molecule has 29 heavy (non-hydrogen) atoms. The highest BCUT2D eigenvalue weighted by molar-refractivity contribution is 7.88. The Morgan fingerprint density at radius 2 is 1.86 bits per heavy atom. The van der Waals surface area contributed by atoms with Crippen LogP contribution in [0.4, 0.5) is 0 Å². The normalized spacial score (nSPS) is 18.4. The Morgan fingerprint density at radius 3 is 2.48 bits per heavy atom. The topological polar surface area (TPSA) is 85.8 Å². The van der Waals surface area contributed by atoms with E-state index in [4.69, 9.17) is 0 Å². The van der Waals surface area contributed by atoms with Gasteiger partial charge in [0, 0.05) is 25.2 Å². The van der Waals surface area contributed by atoms with Crippen LogP contribution < -0.4 is 15.4 Å². The van der Waals surface area contributed by atoms with E-state index in [0.29, 0.717) is 12.6 Å². The van der Waals surface area contributed by atoms with Crippen molar-refractivity contribution in [3.05, 3.63) is 35.4 Å². The van der Waals surface area contributed by atoms with Crippen molar-refractivity contribution in [3.63, 3.8) is 0 Å². The molecule has 1 aliphatic rings. The molecular formula is C21H37N5O2S. The molecule has 1 unspecified atom stereocenters. The van der Waals surface area contributed by atoms with E-state index in [9.17, 15) is 8.42 Å². The van der Waals surface area contributed by atoms with Crippen molar-refractivity contribution in [3.8, 4) is 0 Å². The third kappa shape index (κ3) is 8.32. The number of guanidine groups is 1. The van der Waals surface area contributed by atoms with E-state index in [2.05, 4.69) is 39.1 Å². The molecule has 0 bridgehead atoms. The molecule has 0 saturated carbocycles. The van der Waals surface area contributed by atoms with Crippen molar-refractivity contribution < 1.29 is 8.42 Å². The molecule has 1 saturated heterocycles. The summed E-state index contributed by atoms with van der Waals surface area (Å²) in [5.74, 6) is 0.817. The summed E-state index contributed by atoms with van der Waals surface area (Å²) in [5.41, 5.74) is 1.83. The lowest BCUT2D eigenvalue weighted by Gasteiger charge is -2.24. The number of nitrogens with zero attached hydrogens (tertiary/aromatic N) is 2. The molecule has 1 aliphatic heterocycles. The van der Waals surface area contributed by atoms with Gasteiger partial charge in [0.05, 0.1) is 12.3 Å². The maximum absolute atomic E-state index is 12.1. The maximum Gasteiger partial charge on any atom is 0.216 e. The zero-order valence-corrected chi connectivity index (χ0v) is 19.1. The first kappa shape index (κ1) is 23.6. The third-order valence-corrected chi connectivity index (χ3v) is 6.51. The number of benzene rings is 1. The highest BCUT2D eigenvalue weighted by Gasteiger charge is 2.22. The van der Waals surface area contributed by atoms with Gasteiger partial charge in [0.2, 0.25) is 10.0 Å². The minimum absolute atomic E-state index is 0.00571. The average Bonchev–Trinajstić information content (AvgIpc) is 3.11. The van der Waals surface area contributed by atoms with Crippen LogP contribution in [0.2, 0.25) is 0 Å². The lowest BCUT2D eigenvalue weighted by Crippen LogP contribution is -2.44. The van der Waals surface area contributed by atoms with Crippen LogP contribution in [0.5, 0.6) is 0 Å². The second-order valence-electron chi connectivity index (χ2n) is 7.85. The SMILES string of the molecule is CCNC(=NCc1ccc(CS(=O)(=O)NC(C)C)cc1)NCC1CCCN1CC. The summed E-state index contributed by atoms with van der Waals surface area (Å²) in [6.45, 7) is 12.5. The maximum atomic E-state index is 12.1. The fourth-order valence-corrected chi connectivity index (χ4v) is 5.06. The Kier molecular flexibility index (Phi) is 9.39. The number of rotatable bonds is 10. The summed E-state index contributed by atoms with van der Waals surface area (Å²) >= 11 is 0. The first-order chi connectivity index (χ1) is 13.8. The van der Waals surface area contributed by atoms with Crippen LogP contribution in [0.1, 0.15) is 51.7 Å². The minimum atomic E-state index is -3.30. The summed E-state index contributed by atoms with van der Waals surface area (Å²) in [6.07, 6.45) is 2.50. The molecule has 1 heterocycles. The van der Waals surface area contributed by atoms with Crippen LogP contribution in [0.15, 0.2) is 29.3 Å². The summed E-state index contributed by atoms with van der Waals surface area (Å²) in [5, 5.41) is 6.77. The van der Waals surface area contributed by atoms with Gasteiger partial charge in [-0.05, 0) is 57.8 Å². The van der Waals surface area contributed by atoms with E-state index in [-0.39, 0.29) is 11.8 Å². The Hall–Kier alpha value is -1.64. The standard InChI is InChI=1S/C21H37N5O2S/c1-5-22-21(24-15-20-8-7-13-26(20)6-2)23-14-18-9-11-19(12-10-18)16-29(27,28)25-17(3)4/h9-12,17,20,25H,5-8,13-16H2,1-4H3,(H2,22,23,24). The first-order valence-electron chi connectivity index (χ1n) is 10.7. The number of likely N-dealkylation sites (tertiary alicyclic amines) is 1. The summed E-state index contributed by atoms with van der Waals surface area (Å²) in [7, 11) is -3.30. The van der Waals surface area contributed by atoms with Crippen LogP contribution >= 0.6 is 0 Å². The van der Waals surface area contributed by atoms with Gasteiger partial charge in [-0.2, -0.15) is 0 Å². The number of likely N-dealkylation sites (N-methyl/N-ethyl adjacent to an activating group) is 1. The summed E-state index contributed by atoms with van der Waals surface area (Å²) < 4.78 is 26.7. The number of sulfonamides is 1. The smallest absolute Gasteiger partial charge is 0.216 e. The number of hydrogen-bond donors (Lipinski definition) is 3. The third-order valence-electron chi connectivity index (χ3n) is 4.97. The molecule has 8 heteroatoms. The molecule has 0 radical (unpaired) electrons. The molecule has 0 aromatic heterocycles. The van der Waals surface area contributed by atoms with Crippen molar-refractivity contribution in [2.45, 2.75) is 64.9 Å². The monoisotopic (exact) mass is 423 g/mol. The van der Waals surface area contributed by atoms with Crippen LogP contribution in [-0.2, 0) is 22.3 Å². The summed E-state index contributed by atoms with van der Waals surface area (Å²) in [6, 6.07) is 8.10. The zero-order chi connectivity index (χ0) is 21.3. The van der Waals surface area contributed by atoms with E-state index in [1.54, 1.807) is 0 Å². The van der Waals surface area contributed by atoms with E-state index >= 15 is 0 Å². The molecule has 0 aliphatic carbocycles. The predicted molar refractivity (Wildman–Crippen MR) is 120 cm³/mol. The molecule has 1 aromatic carbocycles. The van der Waals surface area contributed by atoms with Crippen molar-refractivity contribution in [1.82, 2.24) is 20.3 Å². The van der Waals surface area contributed by atoms with Crippen LogP contribution in [0.3, 0.4) is 0 Å².